The molecule has 0 N–H and O–H groups in total. The first kappa shape index (κ1) is 17.5. The Morgan fingerprint density at radius 2 is 1.92 bits per heavy atom. The molecule has 140 valence electrons. The zero-order valence-electron chi connectivity index (χ0n) is 15.4. The molecular weight excluding hydrogens is 329 g/mol. The van der Waals surface area contributed by atoms with E-state index < -0.39 is 0 Å². The van der Waals surface area contributed by atoms with Crippen LogP contribution in [0, 0.1) is 17.7 Å². The average Bonchev–Trinajstić information content (AvgIpc) is 3.10. The van der Waals surface area contributed by atoms with Crippen molar-refractivity contribution in [1.29, 1.82) is 0 Å². The van der Waals surface area contributed by atoms with Gasteiger partial charge in [-0.05, 0) is 68.7 Å². The van der Waals surface area contributed by atoms with E-state index in [0.717, 1.165) is 49.2 Å². The van der Waals surface area contributed by atoms with Gasteiger partial charge >= 0.3 is 0 Å². The number of fused-ring (bicyclic) bond motifs is 1. The lowest BCUT2D eigenvalue weighted by molar-refractivity contribution is 0.212. The molecule has 1 aromatic carbocycles. The van der Waals surface area contributed by atoms with Gasteiger partial charge in [-0.15, -0.1) is 6.58 Å². The lowest BCUT2D eigenvalue weighted by atomic mass is 9.80. The second-order valence-corrected chi connectivity index (χ2v) is 7.78. The third kappa shape index (κ3) is 3.78. The van der Waals surface area contributed by atoms with Crippen LogP contribution in [0.3, 0.4) is 0 Å². The van der Waals surface area contributed by atoms with Gasteiger partial charge in [-0.25, -0.2) is 4.39 Å². The topological polar surface area (TPSA) is 32.5 Å². The van der Waals surface area contributed by atoms with Crippen molar-refractivity contribution >= 4 is 16.8 Å². The average molecular weight is 357 g/mol. The van der Waals surface area contributed by atoms with E-state index in [9.17, 15) is 4.39 Å². The lowest BCUT2D eigenvalue weighted by Gasteiger charge is -2.36. The molecule has 0 radical (unpaired) electrons. The molecule has 26 heavy (non-hydrogen) atoms. The Balaban J connectivity index is 1.27. The van der Waals surface area contributed by atoms with Crippen LogP contribution in [0.2, 0.25) is 0 Å². The molecule has 0 bridgehead atoms. The standard InChI is InChI=1S/C21H28FN3O/c1-2-16-3-5-17(6-4-16)9-10-24-11-13-25(14-12-24)21-19-15-18(22)7-8-20(19)26-23-21/h2,7-8,15-17H,1,3-6,9-14H2. The number of aromatic nitrogens is 1. The van der Waals surface area contributed by atoms with Gasteiger partial charge < -0.3 is 9.42 Å². The molecular formula is C21H28FN3O. The van der Waals surface area contributed by atoms with Crippen LogP contribution < -0.4 is 4.90 Å². The van der Waals surface area contributed by atoms with Crippen LogP contribution in [-0.2, 0) is 0 Å². The van der Waals surface area contributed by atoms with Crippen LogP contribution in [0.25, 0.3) is 11.0 Å². The molecule has 1 aliphatic heterocycles. The molecule has 4 nitrogen and oxygen atoms in total. The molecule has 0 unspecified atom stereocenters. The maximum atomic E-state index is 13.5. The maximum Gasteiger partial charge on any atom is 0.180 e. The van der Waals surface area contributed by atoms with Gasteiger partial charge in [0, 0.05) is 26.2 Å². The second-order valence-electron chi connectivity index (χ2n) is 7.78. The van der Waals surface area contributed by atoms with E-state index in [4.69, 9.17) is 4.52 Å². The summed E-state index contributed by atoms with van der Waals surface area (Å²) in [7, 11) is 0. The van der Waals surface area contributed by atoms with E-state index in [-0.39, 0.29) is 5.82 Å². The minimum atomic E-state index is -0.244. The predicted molar refractivity (Wildman–Crippen MR) is 103 cm³/mol. The number of anilines is 1. The highest BCUT2D eigenvalue weighted by Crippen LogP contribution is 2.32. The molecule has 4 rings (SSSR count). The quantitative estimate of drug-likeness (QED) is 0.739. The highest BCUT2D eigenvalue weighted by Gasteiger charge is 2.24. The first-order valence-electron chi connectivity index (χ1n) is 9.87. The molecule has 1 saturated carbocycles. The minimum Gasteiger partial charge on any atom is -0.354 e. The number of benzene rings is 1. The minimum absolute atomic E-state index is 0.244. The van der Waals surface area contributed by atoms with E-state index in [1.54, 1.807) is 6.07 Å². The number of piperazine rings is 1. The summed E-state index contributed by atoms with van der Waals surface area (Å²) in [4.78, 5) is 4.77. The van der Waals surface area contributed by atoms with Gasteiger partial charge in [0.25, 0.3) is 0 Å². The van der Waals surface area contributed by atoms with E-state index in [1.807, 2.05) is 0 Å². The Hall–Kier alpha value is -1.88. The normalized spacial score (nSPS) is 24.9. The summed E-state index contributed by atoms with van der Waals surface area (Å²) >= 11 is 0. The van der Waals surface area contributed by atoms with Crippen LogP contribution in [-0.4, -0.2) is 42.8 Å². The Morgan fingerprint density at radius 3 is 2.65 bits per heavy atom. The Morgan fingerprint density at radius 1 is 1.15 bits per heavy atom. The summed E-state index contributed by atoms with van der Waals surface area (Å²) in [6.45, 7) is 9.02. The molecule has 2 aliphatic rings. The first-order valence-corrected chi connectivity index (χ1v) is 9.87. The first-order chi connectivity index (χ1) is 12.7. The van der Waals surface area contributed by atoms with Gasteiger partial charge in [0.1, 0.15) is 5.82 Å². The van der Waals surface area contributed by atoms with Crippen molar-refractivity contribution in [1.82, 2.24) is 10.1 Å². The zero-order chi connectivity index (χ0) is 17.9. The smallest absolute Gasteiger partial charge is 0.180 e. The lowest BCUT2D eigenvalue weighted by Crippen LogP contribution is -2.47. The molecule has 1 aromatic heterocycles. The summed E-state index contributed by atoms with van der Waals surface area (Å²) in [6.07, 6.45) is 8.78. The second kappa shape index (κ2) is 7.78. The highest BCUT2D eigenvalue weighted by molar-refractivity contribution is 5.88. The van der Waals surface area contributed by atoms with E-state index in [0.29, 0.717) is 5.58 Å². The van der Waals surface area contributed by atoms with Crippen molar-refractivity contribution in [3.63, 3.8) is 0 Å². The fourth-order valence-corrected chi connectivity index (χ4v) is 4.39. The third-order valence-electron chi connectivity index (χ3n) is 6.16. The molecule has 2 fully saturated rings. The number of hydrogen-bond acceptors (Lipinski definition) is 4. The summed E-state index contributed by atoms with van der Waals surface area (Å²) in [5.74, 6) is 2.16. The largest absolute Gasteiger partial charge is 0.354 e. The molecule has 2 heterocycles. The van der Waals surface area contributed by atoms with Gasteiger partial charge in [0.05, 0.1) is 5.39 Å². The van der Waals surface area contributed by atoms with Crippen LogP contribution >= 0.6 is 0 Å². The van der Waals surface area contributed by atoms with Crippen molar-refractivity contribution in [2.45, 2.75) is 32.1 Å². The van der Waals surface area contributed by atoms with Gasteiger partial charge in [0.15, 0.2) is 11.4 Å². The molecule has 1 aliphatic carbocycles. The maximum absolute atomic E-state index is 13.5. The zero-order valence-corrected chi connectivity index (χ0v) is 15.4. The SMILES string of the molecule is C=CC1CCC(CCN2CCN(c3noc4ccc(F)cc34)CC2)CC1. The highest BCUT2D eigenvalue weighted by atomic mass is 19.1. The van der Waals surface area contributed by atoms with Crippen LogP contribution in [0.1, 0.15) is 32.1 Å². The van der Waals surface area contributed by atoms with Crippen molar-refractivity contribution < 1.29 is 8.91 Å². The number of halogens is 1. The molecule has 2 aromatic rings. The summed E-state index contributed by atoms with van der Waals surface area (Å²) in [5, 5.41) is 4.95. The number of nitrogens with zero attached hydrogens (tertiary/aromatic N) is 3. The monoisotopic (exact) mass is 357 g/mol. The molecule has 0 amide bonds. The number of rotatable bonds is 5. The van der Waals surface area contributed by atoms with E-state index >= 15 is 0 Å². The van der Waals surface area contributed by atoms with Crippen molar-refractivity contribution in [3.05, 3.63) is 36.7 Å². The number of allylic oxidation sites excluding steroid dienone is 1. The van der Waals surface area contributed by atoms with Crippen molar-refractivity contribution in [3.8, 4) is 0 Å². The summed E-state index contributed by atoms with van der Waals surface area (Å²) in [5.41, 5.74) is 0.652. The number of hydrogen-bond donors (Lipinski definition) is 0. The van der Waals surface area contributed by atoms with Gasteiger partial charge in [-0.1, -0.05) is 11.2 Å². The fraction of sp³-hybridized carbons (Fsp3) is 0.571. The fourth-order valence-electron chi connectivity index (χ4n) is 4.39. The van der Waals surface area contributed by atoms with Crippen LogP contribution in [0.15, 0.2) is 35.4 Å². The van der Waals surface area contributed by atoms with Crippen LogP contribution in [0.5, 0.6) is 0 Å². The van der Waals surface area contributed by atoms with Gasteiger partial charge in [0.2, 0.25) is 0 Å². The molecule has 0 atom stereocenters. The predicted octanol–water partition coefficient (Wildman–Crippen LogP) is 4.47. The molecule has 5 heteroatoms. The Bertz CT molecular complexity index is 743. The Kier molecular flexibility index (Phi) is 5.25. The van der Waals surface area contributed by atoms with Gasteiger partial charge in [-0.2, -0.15) is 0 Å². The molecule has 1 saturated heterocycles. The summed E-state index contributed by atoms with van der Waals surface area (Å²) in [6, 6.07) is 4.59. The van der Waals surface area contributed by atoms with E-state index in [1.165, 1.54) is 50.8 Å². The van der Waals surface area contributed by atoms with Crippen LogP contribution in [0.4, 0.5) is 10.2 Å². The van der Waals surface area contributed by atoms with Crippen molar-refractivity contribution in [2.24, 2.45) is 11.8 Å². The Labute approximate surface area is 154 Å². The summed E-state index contributed by atoms with van der Waals surface area (Å²) < 4.78 is 18.9. The van der Waals surface area contributed by atoms with E-state index in [2.05, 4.69) is 27.6 Å². The van der Waals surface area contributed by atoms with Crippen molar-refractivity contribution in [2.75, 3.05) is 37.6 Å². The third-order valence-corrected chi connectivity index (χ3v) is 6.16. The molecule has 0 spiro atoms. The van der Waals surface area contributed by atoms with Gasteiger partial charge in [-0.3, -0.25) is 4.90 Å².